The normalized spacial score (nSPS) is 11.9. The highest BCUT2D eigenvalue weighted by atomic mass is 35.5. The maximum atomic E-state index is 6.10. The lowest BCUT2D eigenvalue weighted by atomic mass is 10.0. The predicted molar refractivity (Wildman–Crippen MR) is 120 cm³/mol. The molecule has 0 unspecified atom stereocenters. The van der Waals surface area contributed by atoms with Gasteiger partial charge in [-0.25, -0.2) is 9.97 Å². The number of nitrogens with zero attached hydrogens (tertiary/aromatic N) is 3. The Balaban J connectivity index is 1.86. The Kier molecular flexibility index (Phi) is 5.34. The topological polar surface area (TPSA) is 42.2 Å². The quantitative estimate of drug-likeness (QED) is 0.420. The Morgan fingerprint density at radius 1 is 0.828 bits per heavy atom. The number of hydrogen-bond donors (Lipinski definition) is 1. The summed E-state index contributed by atoms with van der Waals surface area (Å²) in [6.07, 6.45) is 2.03. The van der Waals surface area contributed by atoms with Gasteiger partial charge in [0.1, 0.15) is 0 Å². The van der Waals surface area contributed by atoms with Crippen molar-refractivity contribution in [3.63, 3.8) is 0 Å². The van der Waals surface area contributed by atoms with Gasteiger partial charge in [-0.05, 0) is 51.1 Å². The molecular weight excluding hydrogens is 403 g/mol. The summed E-state index contributed by atoms with van der Waals surface area (Å²) in [7, 11) is 0. The van der Waals surface area contributed by atoms with Gasteiger partial charge in [0.05, 0.1) is 17.1 Å². The second kappa shape index (κ2) is 7.79. The van der Waals surface area contributed by atoms with Crippen molar-refractivity contribution in [1.82, 2.24) is 19.7 Å². The number of benzene rings is 2. The molecule has 0 saturated carbocycles. The van der Waals surface area contributed by atoms with Crippen LogP contribution in [0.15, 0.2) is 60.8 Å². The zero-order chi connectivity index (χ0) is 20.6. The molecule has 4 aromatic rings. The third kappa shape index (κ3) is 4.45. The van der Waals surface area contributed by atoms with Crippen LogP contribution in [0.3, 0.4) is 0 Å². The van der Waals surface area contributed by atoms with Crippen molar-refractivity contribution < 1.29 is 0 Å². The van der Waals surface area contributed by atoms with E-state index >= 15 is 0 Å². The molecule has 0 spiro atoms. The SMILES string of the molecule is CC(C)(C)NCc1ccn2c(-c3ccc(Cl)cc3)c(-c3ccc(Cl)cc3)nc2n1. The maximum absolute atomic E-state index is 6.10. The minimum Gasteiger partial charge on any atom is -0.306 e. The molecule has 29 heavy (non-hydrogen) atoms. The summed E-state index contributed by atoms with van der Waals surface area (Å²) in [5, 5.41) is 4.86. The van der Waals surface area contributed by atoms with Crippen LogP contribution in [0.4, 0.5) is 0 Å². The van der Waals surface area contributed by atoms with Gasteiger partial charge in [0, 0.05) is 39.5 Å². The third-order valence-electron chi connectivity index (χ3n) is 4.59. The van der Waals surface area contributed by atoms with Gasteiger partial charge in [0.15, 0.2) is 0 Å². The summed E-state index contributed by atoms with van der Waals surface area (Å²) in [6.45, 7) is 7.09. The fourth-order valence-corrected chi connectivity index (χ4v) is 3.37. The zero-order valence-electron chi connectivity index (χ0n) is 16.6. The molecule has 1 N–H and O–H groups in total. The van der Waals surface area contributed by atoms with Crippen LogP contribution in [-0.4, -0.2) is 19.9 Å². The van der Waals surface area contributed by atoms with Gasteiger partial charge in [0.25, 0.3) is 0 Å². The van der Waals surface area contributed by atoms with Crippen molar-refractivity contribution in [3.8, 4) is 22.5 Å². The lowest BCUT2D eigenvalue weighted by molar-refractivity contribution is 0.421. The van der Waals surface area contributed by atoms with Crippen molar-refractivity contribution in [1.29, 1.82) is 0 Å². The molecule has 4 rings (SSSR count). The van der Waals surface area contributed by atoms with E-state index in [1.165, 1.54) is 0 Å². The van der Waals surface area contributed by atoms with Crippen LogP contribution in [0.5, 0.6) is 0 Å². The average molecular weight is 425 g/mol. The van der Waals surface area contributed by atoms with Crippen molar-refractivity contribution in [3.05, 3.63) is 76.5 Å². The van der Waals surface area contributed by atoms with Gasteiger partial charge in [-0.2, -0.15) is 0 Å². The highest BCUT2D eigenvalue weighted by Crippen LogP contribution is 2.33. The number of hydrogen-bond acceptors (Lipinski definition) is 3. The summed E-state index contributed by atoms with van der Waals surface area (Å²) in [5.74, 6) is 0.660. The molecule has 2 heterocycles. The molecule has 0 atom stereocenters. The van der Waals surface area contributed by atoms with Crippen LogP contribution in [0.2, 0.25) is 10.0 Å². The minimum atomic E-state index is 0.0200. The summed E-state index contributed by atoms with van der Waals surface area (Å²) in [5.41, 5.74) is 4.81. The van der Waals surface area contributed by atoms with Crippen molar-refractivity contribution >= 4 is 29.0 Å². The Labute approximate surface area is 180 Å². The highest BCUT2D eigenvalue weighted by Gasteiger charge is 2.18. The van der Waals surface area contributed by atoms with Gasteiger partial charge in [-0.1, -0.05) is 47.5 Å². The summed E-state index contributed by atoms with van der Waals surface area (Å²) in [4.78, 5) is 9.65. The Morgan fingerprint density at radius 3 is 2.00 bits per heavy atom. The number of imidazole rings is 1. The molecule has 2 aromatic carbocycles. The largest absolute Gasteiger partial charge is 0.306 e. The first-order chi connectivity index (χ1) is 13.8. The number of rotatable bonds is 4. The molecule has 0 fully saturated rings. The van der Waals surface area contributed by atoms with Crippen LogP contribution in [0.1, 0.15) is 26.5 Å². The van der Waals surface area contributed by atoms with E-state index in [2.05, 4.69) is 26.1 Å². The third-order valence-corrected chi connectivity index (χ3v) is 5.09. The predicted octanol–water partition coefficient (Wildman–Crippen LogP) is 6.26. The molecule has 0 aliphatic carbocycles. The molecule has 0 aliphatic rings. The van der Waals surface area contributed by atoms with Crippen LogP contribution in [0, 0.1) is 0 Å². The van der Waals surface area contributed by atoms with E-state index in [0.717, 1.165) is 28.2 Å². The molecule has 6 heteroatoms. The Bertz CT molecular complexity index is 1140. The van der Waals surface area contributed by atoms with Crippen LogP contribution >= 0.6 is 23.2 Å². The second-order valence-corrected chi connectivity index (χ2v) is 8.89. The molecule has 4 nitrogen and oxygen atoms in total. The Morgan fingerprint density at radius 2 is 1.41 bits per heavy atom. The maximum Gasteiger partial charge on any atom is 0.235 e. The van der Waals surface area contributed by atoms with E-state index in [4.69, 9.17) is 33.2 Å². The van der Waals surface area contributed by atoms with E-state index in [9.17, 15) is 0 Å². The fourth-order valence-electron chi connectivity index (χ4n) is 3.11. The molecule has 0 saturated heterocycles. The molecule has 148 valence electrons. The first-order valence-corrected chi connectivity index (χ1v) is 10.2. The van der Waals surface area contributed by atoms with E-state index < -0.39 is 0 Å². The summed E-state index contributed by atoms with van der Waals surface area (Å²) < 4.78 is 2.02. The number of fused-ring (bicyclic) bond motifs is 1. The lowest BCUT2D eigenvalue weighted by Crippen LogP contribution is -2.35. The minimum absolute atomic E-state index is 0.0200. The van der Waals surface area contributed by atoms with Crippen molar-refractivity contribution in [2.75, 3.05) is 0 Å². The molecule has 0 radical (unpaired) electrons. The fraction of sp³-hybridized carbons (Fsp3) is 0.217. The van der Waals surface area contributed by atoms with Crippen molar-refractivity contribution in [2.45, 2.75) is 32.9 Å². The molecule has 0 aliphatic heterocycles. The monoisotopic (exact) mass is 424 g/mol. The zero-order valence-corrected chi connectivity index (χ0v) is 18.1. The van der Waals surface area contributed by atoms with E-state index in [1.54, 1.807) is 0 Å². The molecular formula is C23H22Cl2N4. The Hall–Kier alpha value is -2.40. The highest BCUT2D eigenvalue weighted by molar-refractivity contribution is 6.31. The summed E-state index contributed by atoms with van der Waals surface area (Å²) in [6, 6.07) is 17.5. The molecule has 0 bridgehead atoms. The first kappa shape index (κ1) is 19.9. The summed E-state index contributed by atoms with van der Waals surface area (Å²) >= 11 is 12.2. The molecule has 0 amide bonds. The van der Waals surface area contributed by atoms with Gasteiger partial charge in [-0.3, -0.25) is 4.40 Å². The van der Waals surface area contributed by atoms with Crippen LogP contribution < -0.4 is 5.32 Å². The second-order valence-electron chi connectivity index (χ2n) is 8.02. The van der Waals surface area contributed by atoms with Gasteiger partial charge in [0.2, 0.25) is 5.78 Å². The smallest absolute Gasteiger partial charge is 0.235 e. The number of halogens is 2. The number of aromatic nitrogens is 3. The van der Waals surface area contributed by atoms with Gasteiger partial charge < -0.3 is 5.32 Å². The lowest BCUT2D eigenvalue weighted by Gasteiger charge is -2.20. The van der Waals surface area contributed by atoms with E-state index in [0.29, 0.717) is 22.4 Å². The standard InChI is InChI=1S/C23H22Cl2N4/c1-23(2,3)26-14-19-12-13-29-21(16-6-10-18(25)11-7-16)20(28-22(29)27-19)15-4-8-17(24)9-5-15/h4-13,26H,14H2,1-3H3. The first-order valence-electron chi connectivity index (χ1n) is 9.45. The van der Waals surface area contributed by atoms with Gasteiger partial charge in [-0.15, -0.1) is 0 Å². The average Bonchev–Trinajstić information content (AvgIpc) is 3.06. The van der Waals surface area contributed by atoms with E-state index in [1.807, 2.05) is 65.2 Å². The van der Waals surface area contributed by atoms with Crippen LogP contribution in [0.25, 0.3) is 28.3 Å². The van der Waals surface area contributed by atoms with E-state index in [-0.39, 0.29) is 5.54 Å². The number of nitrogens with one attached hydrogen (secondary N) is 1. The van der Waals surface area contributed by atoms with Gasteiger partial charge >= 0.3 is 0 Å². The van der Waals surface area contributed by atoms with Crippen molar-refractivity contribution in [2.24, 2.45) is 0 Å². The van der Waals surface area contributed by atoms with Crippen LogP contribution in [-0.2, 0) is 6.54 Å². The molecule has 2 aromatic heterocycles.